The Bertz CT molecular complexity index is 994. The van der Waals surface area contributed by atoms with Crippen LogP contribution in [-0.4, -0.2) is 10.5 Å². The van der Waals surface area contributed by atoms with E-state index in [4.69, 9.17) is 0 Å². The summed E-state index contributed by atoms with van der Waals surface area (Å²) in [5.41, 5.74) is 5.21. The van der Waals surface area contributed by atoms with Gasteiger partial charge in [-0.3, -0.25) is 4.79 Å². The van der Waals surface area contributed by atoms with Crippen molar-refractivity contribution >= 4 is 17.2 Å². The fraction of sp³-hybridized carbons (Fsp3) is 0.273. The lowest BCUT2D eigenvalue weighted by molar-refractivity contribution is 0.0997. The fourth-order valence-electron chi connectivity index (χ4n) is 3.06. The zero-order chi connectivity index (χ0) is 18.7. The highest BCUT2D eigenvalue weighted by molar-refractivity contribution is 7.09. The van der Waals surface area contributed by atoms with Gasteiger partial charge >= 0.3 is 0 Å². The summed E-state index contributed by atoms with van der Waals surface area (Å²) in [6.45, 7) is 9.06. The van der Waals surface area contributed by atoms with Crippen LogP contribution in [0.5, 0.6) is 0 Å². The molecular weight excluding hydrogens is 340 g/mol. The van der Waals surface area contributed by atoms with E-state index in [1.807, 2.05) is 31.2 Å². The molecule has 3 aromatic rings. The van der Waals surface area contributed by atoms with Crippen LogP contribution in [0, 0.1) is 13.8 Å². The normalized spacial score (nSPS) is 11.8. The van der Waals surface area contributed by atoms with Crippen molar-refractivity contribution < 1.29 is 4.79 Å². The Morgan fingerprint density at radius 1 is 1.04 bits per heavy atom. The first-order valence-corrected chi connectivity index (χ1v) is 9.81. The monoisotopic (exact) mass is 364 g/mol. The molecule has 0 unspecified atom stereocenters. The van der Waals surface area contributed by atoms with Crippen molar-refractivity contribution in [1.82, 2.24) is 4.57 Å². The van der Waals surface area contributed by atoms with Crippen LogP contribution in [0.2, 0.25) is 0 Å². The highest BCUT2D eigenvalue weighted by atomic mass is 32.1. The third kappa shape index (κ3) is 3.56. The standard InChI is InChI=1S/C22H24N2OS/c1-5-19-20(17-13-11-15(3)12-14-17)24(6-2)22(26-19)23-21(25)18-10-8-7-9-16(18)4/h7-14H,5-6H2,1-4H3. The lowest BCUT2D eigenvalue weighted by atomic mass is 10.1. The van der Waals surface area contributed by atoms with Gasteiger partial charge < -0.3 is 4.57 Å². The van der Waals surface area contributed by atoms with Gasteiger partial charge in [0.2, 0.25) is 0 Å². The molecule has 0 spiro atoms. The van der Waals surface area contributed by atoms with Gasteiger partial charge in [0.15, 0.2) is 4.80 Å². The van der Waals surface area contributed by atoms with E-state index in [1.165, 1.54) is 21.7 Å². The number of carbonyl (C=O) groups is 1. The van der Waals surface area contributed by atoms with E-state index >= 15 is 0 Å². The van der Waals surface area contributed by atoms with Gasteiger partial charge in [-0.05, 0) is 44.4 Å². The van der Waals surface area contributed by atoms with Crippen molar-refractivity contribution in [2.45, 2.75) is 40.7 Å². The van der Waals surface area contributed by atoms with Gasteiger partial charge in [-0.1, -0.05) is 55.0 Å². The van der Waals surface area contributed by atoms with E-state index in [9.17, 15) is 4.79 Å². The number of rotatable bonds is 4. The van der Waals surface area contributed by atoms with Gasteiger partial charge in [0.05, 0.1) is 5.69 Å². The molecule has 1 amide bonds. The Labute approximate surface area is 158 Å². The number of aromatic nitrogens is 1. The lowest BCUT2D eigenvalue weighted by Crippen LogP contribution is -2.17. The maximum Gasteiger partial charge on any atom is 0.279 e. The van der Waals surface area contributed by atoms with Gasteiger partial charge in [0.1, 0.15) is 0 Å². The highest BCUT2D eigenvalue weighted by Crippen LogP contribution is 2.27. The van der Waals surface area contributed by atoms with Gasteiger partial charge in [-0.2, -0.15) is 4.99 Å². The second-order valence-corrected chi connectivity index (χ2v) is 7.41. The Morgan fingerprint density at radius 3 is 2.35 bits per heavy atom. The van der Waals surface area contributed by atoms with Crippen LogP contribution >= 0.6 is 11.3 Å². The molecule has 3 nitrogen and oxygen atoms in total. The molecule has 0 aliphatic heterocycles. The van der Waals surface area contributed by atoms with Crippen molar-refractivity contribution in [3.63, 3.8) is 0 Å². The van der Waals surface area contributed by atoms with Crippen molar-refractivity contribution in [3.8, 4) is 11.3 Å². The summed E-state index contributed by atoms with van der Waals surface area (Å²) in [5.74, 6) is -0.176. The summed E-state index contributed by atoms with van der Waals surface area (Å²) >= 11 is 1.61. The van der Waals surface area contributed by atoms with E-state index in [-0.39, 0.29) is 5.91 Å². The van der Waals surface area contributed by atoms with Gasteiger partial charge in [0.25, 0.3) is 5.91 Å². The molecule has 0 N–H and O–H groups in total. The van der Waals surface area contributed by atoms with E-state index in [0.717, 1.165) is 23.3 Å². The summed E-state index contributed by atoms with van der Waals surface area (Å²) < 4.78 is 2.16. The van der Waals surface area contributed by atoms with Gasteiger partial charge in [-0.25, -0.2) is 0 Å². The molecule has 134 valence electrons. The summed E-state index contributed by atoms with van der Waals surface area (Å²) in [5, 5.41) is 0. The third-order valence-electron chi connectivity index (χ3n) is 4.51. The smallest absolute Gasteiger partial charge is 0.279 e. The van der Waals surface area contributed by atoms with Crippen LogP contribution in [0.15, 0.2) is 53.5 Å². The van der Waals surface area contributed by atoms with E-state index < -0.39 is 0 Å². The Morgan fingerprint density at radius 2 is 1.73 bits per heavy atom. The zero-order valence-electron chi connectivity index (χ0n) is 15.7. The number of amides is 1. The minimum atomic E-state index is -0.176. The second-order valence-electron chi connectivity index (χ2n) is 6.35. The van der Waals surface area contributed by atoms with Crippen LogP contribution in [0.4, 0.5) is 0 Å². The van der Waals surface area contributed by atoms with E-state index in [0.29, 0.717) is 5.56 Å². The highest BCUT2D eigenvalue weighted by Gasteiger charge is 2.15. The molecule has 2 aromatic carbocycles. The number of hydrogen-bond acceptors (Lipinski definition) is 2. The number of aryl methyl sites for hydroxylation is 3. The number of benzene rings is 2. The minimum Gasteiger partial charge on any atom is -0.316 e. The zero-order valence-corrected chi connectivity index (χ0v) is 16.6. The van der Waals surface area contributed by atoms with Crippen molar-refractivity contribution in [1.29, 1.82) is 0 Å². The molecular formula is C22H24N2OS. The SMILES string of the molecule is CCc1sc(=NC(=O)c2ccccc2C)n(CC)c1-c1ccc(C)cc1. The second kappa shape index (κ2) is 7.83. The molecule has 0 bridgehead atoms. The summed E-state index contributed by atoms with van der Waals surface area (Å²) in [4.78, 5) is 19.2. The van der Waals surface area contributed by atoms with Crippen molar-refractivity contribution in [2.75, 3.05) is 0 Å². The summed E-state index contributed by atoms with van der Waals surface area (Å²) in [7, 11) is 0. The predicted octanol–water partition coefficient (Wildman–Crippen LogP) is 5.16. The molecule has 0 aliphatic carbocycles. The first-order valence-electron chi connectivity index (χ1n) is 8.99. The quantitative estimate of drug-likeness (QED) is 0.630. The number of thiazole rings is 1. The number of carbonyl (C=O) groups excluding carboxylic acids is 1. The van der Waals surface area contributed by atoms with Crippen LogP contribution in [-0.2, 0) is 13.0 Å². The molecule has 0 fully saturated rings. The first kappa shape index (κ1) is 18.3. The number of hydrogen-bond donors (Lipinski definition) is 0. The van der Waals surface area contributed by atoms with Crippen molar-refractivity contribution in [2.24, 2.45) is 4.99 Å². The molecule has 0 radical (unpaired) electrons. The average molecular weight is 365 g/mol. The third-order valence-corrected chi connectivity index (χ3v) is 5.74. The fourth-order valence-corrected chi connectivity index (χ4v) is 4.21. The van der Waals surface area contributed by atoms with Crippen LogP contribution in [0.1, 0.15) is 40.2 Å². The molecule has 1 aromatic heterocycles. The van der Waals surface area contributed by atoms with Crippen molar-refractivity contribution in [3.05, 3.63) is 74.9 Å². The molecule has 1 heterocycles. The van der Waals surface area contributed by atoms with Crippen LogP contribution in [0.3, 0.4) is 0 Å². The molecule has 0 aliphatic rings. The largest absolute Gasteiger partial charge is 0.316 e. The van der Waals surface area contributed by atoms with E-state index in [1.54, 1.807) is 11.3 Å². The maximum atomic E-state index is 12.7. The number of nitrogens with zero attached hydrogens (tertiary/aromatic N) is 2. The van der Waals surface area contributed by atoms with Crippen LogP contribution < -0.4 is 4.80 Å². The Balaban J connectivity index is 2.15. The summed E-state index contributed by atoms with van der Waals surface area (Å²) in [6.07, 6.45) is 0.919. The van der Waals surface area contributed by atoms with Gasteiger partial charge in [-0.15, -0.1) is 11.3 Å². The molecule has 3 rings (SSSR count). The maximum absolute atomic E-state index is 12.7. The first-order chi connectivity index (χ1) is 12.5. The van der Waals surface area contributed by atoms with Crippen LogP contribution in [0.25, 0.3) is 11.3 Å². The Kier molecular flexibility index (Phi) is 5.52. The topological polar surface area (TPSA) is 34.4 Å². The molecule has 0 atom stereocenters. The lowest BCUT2D eigenvalue weighted by Gasteiger charge is -2.09. The minimum absolute atomic E-state index is 0.176. The predicted molar refractivity (Wildman–Crippen MR) is 109 cm³/mol. The Hall–Kier alpha value is -2.46. The summed E-state index contributed by atoms with van der Waals surface area (Å²) in [6, 6.07) is 16.2. The van der Waals surface area contributed by atoms with E-state index in [2.05, 4.69) is 54.6 Å². The van der Waals surface area contributed by atoms with Gasteiger partial charge in [0, 0.05) is 17.0 Å². The average Bonchev–Trinajstić information content (AvgIpc) is 3.00. The molecule has 0 saturated heterocycles. The molecule has 26 heavy (non-hydrogen) atoms. The molecule has 4 heteroatoms. The molecule has 0 saturated carbocycles.